The number of nitrogens with zero attached hydrogens (tertiary/aromatic N) is 2. The minimum Gasteiger partial charge on any atom is -0.495 e. The number of rotatable bonds is 4. The highest BCUT2D eigenvalue weighted by Gasteiger charge is 2.45. The molecule has 20 heavy (non-hydrogen) atoms. The van der Waals surface area contributed by atoms with Crippen molar-refractivity contribution in [1.29, 1.82) is 0 Å². The normalized spacial score (nSPS) is 14.6. The summed E-state index contributed by atoms with van der Waals surface area (Å²) in [5.74, 6) is 0. The van der Waals surface area contributed by atoms with Crippen molar-refractivity contribution < 1.29 is 23.8 Å². The van der Waals surface area contributed by atoms with Crippen molar-refractivity contribution in [2.75, 3.05) is 0 Å². The first kappa shape index (κ1) is 16.4. The van der Waals surface area contributed by atoms with Gasteiger partial charge in [-0.25, -0.2) is 0 Å². The fraction of sp³-hybridized carbons (Fsp3) is 0.417. The molecule has 1 unspecified atom stereocenters. The lowest BCUT2D eigenvalue weighted by atomic mass is 10.1. The Morgan fingerprint density at radius 2 is 1.85 bits per heavy atom. The fourth-order valence-electron chi connectivity index (χ4n) is 1.40. The van der Waals surface area contributed by atoms with Gasteiger partial charge in [-0.3, -0.25) is 10.1 Å². The third kappa shape index (κ3) is 3.44. The number of amides is 1. The number of benzene rings is 1. The maximum absolute atomic E-state index is 11.1. The Labute approximate surface area is 121 Å². The van der Waals surface area contributed by atoms with Crippen LogP contribution < -0.4 is 5.11 Å². The van der Waals surface area contributed by atoms with Gasteiger partial charge in [-0.15, -0.1) is 0 Å². The molecular weight excluding hydrogens is 288 g/mol. The van der Waals surface area contributed by atoms with Crippen LogP contribution in [0.4, 0.5) is 10.5 Å². The molecule has 0 aliphatic heterocycles. The van der Waals surface area contributed by atoms with Crippen LogP contribution >= 0.6 is 11.8 Å². The monoisotopic (exact) mass is 302 g/mol. The summed E-state index contributed by atoms with van der Waals surface area (Å²) in [7, 11) is 0. The first-order valence-electron chi connectivity index (χ1n) is 5.76. The lowest BCUT2D eigenvalue weighted by molar-refractivity contribution is -1.01. The molecular formula is C12H15ClN2O5. The number of hydrogen-bond donors (Lipinski definition) is 0. The summed E-state index contributed by atoms with van der Waals surface area (Å²) < 4.78 is -1.25. The summed E-state index contributed by atoms with van der Waals surface area (Å²) >= 11 is 5.93. The first-order valence-corrected chi connectivity index (χ1v) is 6.10. The third-order valence-electron chi connectivity index (χ3n) is 2.65. The standard InChI is InChI=1S/C12H15ClN2O5/c1-12(2,3)15(13,11(16)17)20-8-9-4-6-10(7-5-9)14(18)19/h4-7H,8H2,1-3H3. The number of carboxylic acid groups (broad SMARTS) is 1. The zero-order chi connectivity index (χ0) is 15.6. The average Bonchev–Trinajstić information content (AvgIpc) is 2.34. The Morgan fingerprint density at radius 3 is 2.20 bits per heavy atom. The second kappa shape index (κ2) is 5.74. The van der Waals surface area contributed by atoms with Crippen molar-refractivity contribution in [3.63, 3.8) is 0 Å². The molecule has 1 amide bonds. The van der Waals surface area contributed by atoms with Gasteiger partial charge in [-0.05, 0) is 42.6 Å². The first-order chi connectivity index (χ1) is 9.08. The largest absolute Gasteiger partial charge is 0.495 e. The molecule has 1 aromatic rings. The van der Waals surface area contributed by atoms with E-state index in [-0.39, 0.29) is 12.3 Å². The van der Waals surface area contributed by atoms with Gasteiger partial charge >= 0.3 is 6.09 Å². The van der Waals surface area contributed by atoms with Gasteiger partial charge in [0.15, 0.2) is 0 Å². The lowest BCUT2D eigenvalue weighted by Gasteiger charge is -2.36. The zero-order valence-electron chi connectivity index (χ0n) is 11.3. The minimum absolute atomic E-state index is 0.0592. The Balaban J connectivity index is 2.84. The summed E-state index contributed by atoms with van der Waals surface area (Å²) in [6.45, 7) is 4.65. The van der Waals surface area contributed by atoms with Gasteiger partial charge in [0, 0.05) is 12.1 Å². The topological polar surface area (TPSA) is 92.5 Å². The highest BCUT2D eigenvalue weighted by molar-refractivity contribution is 6.10. The molecule has 0 saturated carbocycles. The molecule has 1 atom stereocenters. The van der Waals surface area contributed by atoms with Crippen molar-refractivity contribution in [2.45, 2.75) is 32.9 Å². The van der Waals surface area contributed by atoms with E-state index in [0.717, 1.165) is 0 Å². The second-order valence-corrected chi connectivity index (χ2v) is 5.64. The zero-order valence-corrected chi connectivity index (χ0v) is 12.1. The van der Waals surface area contributed by atoms with Crippen LogP contribution in [0, 0.1) is 10.1 Å². The van der Waals surface area contributed by atoms with E-state index < -0.39 is 20.7 Å². The van der Waals surface area contributed by atoms with Crippen LogP contribution in [0.2, 0.25) is 0 Å². The molecule has 7 nitrogen and oxygen atoms in total. The molecule has 0 saturated heterocycles. The highest BCUT2D eigenvalue weighted by Crippen LogP contribution is 2.29. The van der Waals surface area contributed by atoms with Crippen LogP contribution in [0.15, 0.2) is 24.3 Å². The molecule has 8 heteroatoms. The van der Waals surface area contributed by atoms with E-state index in [1.165, 1.54) is 24.3 Å². The van der Waals surface area contributed by atoms with Gasteiger partial charge in [0.25, 0.3) is 5.69 Å². The van der Waals surface area contributed by atoms with Crippen molar-refractivity contribution >= 4 is 23.6 Å². The molecule has 0 spiro atoms. The molecule has 0 aromatic heterocycles. The van der Waals surface area contributed by atoms with Crippen molar-refractivity contribution in [3.05, 3.63) is 39.9 Å². The van der Waals surface area contributed by atoms with Crippen LogP contribution in [0.5, 0.6) is 0 Å². The maximum Gasteiger partial charge on any atom is 0.312 e. The molecule has 110 valence electrons. The van der Waals surface area contributed by atoms with Gasteiger partial charge in [0.1, 0.15) is 12.1 Å². The highest BCUT2D eigenvalue weighted by atomic mass is 35.5. The second-order valence-electron chi connectivity index (χ2n) is 5.17. The molecule has 0 radical (unpaired) electrons. The Hall–Kier alpha value is -1.70. The lowest BCUT2D eigenvalue weighted by Crippen LogP contribution is -2.61. The van der Waals surface area contributed by atoms with Crippen molar-refractivity contribution in [1.82, 2.24) is 0 Å². The smallest absolute Gasteiger partial charge is 0.312 e. The molecule has 0 heterocycles. The Morgan fingerprint density at radius 1 is 1.35 bits per heavy atom. The van der Waals surface area contributed by atoms with Crippen molar-refractivity contribution in [2.24, 2.45) is 0 Å². The molecule has 1 aromatic carbocycles. The van der Waals surface area contributed by atoms with E-state index in [0.29, 0.717) is 5.56 Å². The molecule has 0 aliphatic rings. The van der Waals surface area contributed by atoms with E-state index in [1.54, 1.807) is 20.8 Å². The van der Waals surface area contributed by atoms with Crippen LogP contribution in [-0.4, -0.2) is 20.7 Å². The number of quaternary nitrogens is 1. The SMILES string of the molecule is CC(C)(C)[N+](Cl)(OCc1ccc([N+](=O)[O-])cc1)C(=O)[O-]. The summed E-state index contributed by atoms with van der Waals surface area (Å²) in [6.07, 6.45) is -1.58. The number of nitro groups is 1. The van der Waals surface area contributed by atoms with Crippen LogP contribution in [0.25, 0.3) is 0 Å². The van der Waals surface area contributed by atoms with Crippen molar-refractivity contribution in [3.8, 4) is 0 Å². The number of halogens is 1. The Bertz CT molecular complexity index is 512. The maximum atomic E-state index is 11.1. The summed E-state index contributed by atoms with van der Waals surface area (Å²) in [5.41, 5.74) is -0.443. The number of non-ortho nitro benzene ring substituents is 1. The average molecular weight is 303 g/mol. The Kier molecular flexibility index (Phi) is 4.69. The number of hydrogen-bond acceptors (Lipinski definition) is 5. The predicted molar refractivity (Wildman–Crippen MR) is 69.1 cm³/mol. The van der Waals surface area contributed by atoms with E-state index in [1.807, 2.05) is 0 Å². The third-order valence-corrected chi connectivity index (χ3v) is 3.40. The van der Waals surface area contributed by atoms with E-state index >= 15 is 0 Å². The molecule has 0 aliphatic carbocycles. The fourth-order valence-corrected chi connectivity index (χ4v) is 1.45. The number of carbonyl (C=O) groups excluding carboxylic acids is 1. The van der Waals surface area contributed by atoms with Gasteiger partial charge in [-0.2, -0.15) is 4.84 Å². The quantitative estimate of drug-likeness (QED) is 0.482. The van der Waals surface area contributed by atoms with Gasteiger partial charge < -0.3 is 9.90 Å². The van der Waals surface area contributed by atoms with Crippen LogP contribution in [0.1, 0.15) is 26.3 Å². The van der Waals surface area contributed by atoms with E-state index in [4.69, 9.17) is 16.6 Å². The van der Waals surface area contributed by atoms with E-state index in [2.05, 4.69) is 0 Å². The molecule has 0 bridgehead atoms. The number of carbonyl (C=O) groups is 1. The predicted octanol–water partition coefficient (Wildman–Crippen LogP) is 2.14. The molecule has 1 rings (SSSR count). The van der Waals surface area contributed by atoms with Gasteiger partial charge in [-0.1, -0.05) is 0 Å². The summed E-state index contributed by atoms with van der Waals surface area (Å²) in [5, 5.41) is 21.7. The van der Waals surface area contributed by atoms with Crippen LogP contribution in [-0.2, 0) is 11.4 Å². The molecule has 0 fully saturated rings. The van der Waals surface area contributed by atoms with E-state index in [9.17, 15) is 20.0 Å². The summed E-state index contributed by atoms with van der Waals surface area (Å²) in [4.78, 5) is 26.3. The number of hydroxylamine groups is 2. The molecule has 0 N–H and O–H groups in total. The minimum atomic E-state index is -1.58. The number of nitro benzene ring substituents is 1. The van der Waals surface area contributed by atoms with Crippen LogP contribution in [0.3, 0.4) is 0 Å². The van der Waals surface area contributed by atoms with Gasteiger partial charge in [0.05, 0.1) is 4.92 Å². The van der Waals surface area contributed by atoms with Gasteiger partial charge in [0.2, 0.25) is 11.8 Å². The summed E-state index contributed by atoms with van der Waals surface area (Å²) in [6, 6.07) is 5.55.